The van der Waals surface area contributed by atoms with Crippen molar-refractivity contribution in [2.75, 3.05) is 6.61 Å². The molecule has 0 spiro atoms. The van der Waals surface area contributed by atoms with E-state index >= 15 is 0 Å². The second kappa shape index (κ2) is 7.18. The molecular formula is C17H19F2NO. The van der Waals surface area contributed by atoms with Crippen molar-refractivity contribution < 1.29 is 13.5 Å². The van der Waals surface area contributed by atoms with Crippen molar-refractivity contribution in [2.45, 2.75) is 26.4 Å². The van der Waals surface area contributed by atoms with Crippen LogP contribution in [-0.2, 0) is 6.54 Å². The third-order valence-electron chi connectivity index (χ3n) is 3.16. The number of halogens is 2. The average Bonchev–Trinajstić information content (AvgIpc) is 2.48. The Morgan fingerprint density at radius 2 is 1.76 bits per heavy atom. The minimum atomic E-state index is -0.825. The van der Waals surface area contributed by atoms with Gasteiger partial charge in [0.2, 0.25) is 0 Å². The van der Waals surface area contributed by atoms with Crippen LogP contribution in [0.15, 0.2) is 42.5 Å². The Kier molecular flexibility index (Phi) is 5.28. The van der Waals surface area contributed by atoms with Crippen LogP contribution in [0.5, 0.6) is 5.75 Å². The molecule has 2 rings (SSSR count). The Morgan fingerprint density at radius 1 is 1.05 bits per heavy atom. The molecule has 0 fully saturated rings. The molecule has 1 N–H and O–H groups in total. The SMILES string of the molecule is Cc1ccc(OCC(C)NCc2ccc(F)c(F)c2)cc1. The summed E-state index contributed by atoms with van der Waals surface area (Å²) in [7, 11) is 0. The Balaban J connectivity index is 1.77. The van der Waals surface area contributed by atoms with Crippen LogP contribution >= 0.6 is 0 Å². The van der Waals surface area contributed by atoms with Crippen LogP contribution in [0.1, 0.15) is 18.1 Å². The van der Waals surface area contributed by atoms with Crippen molar-refractivity contribution in [3.8, 4) is 5.75 Å². The minimum absolute atomic E-state index is 0.0967. The van der Waals surface area contributed by atoms with E-state index in [4.69, 9.17) is 4.74 Å². The summed E-state index contributed by atoms with van der Waals surface area (Å²) in [5.41, 5.74) is 1.89. The van der Waals surface area contributed by atoms with Gasteiger partial charge in [0.25, 0.3) is 0 Å². The Labute approximate surface area is 123 Å². The molecular weight excluding hydrogens is 272 g/mol. The van der Waals surface area contributed by atoms with E-state index in [2.05, 4.69) is 5.32 Å². The van der Waals surface area contributed by atoms with E-state index in [1.165, 1.54) is 11.6 Å². The maximum Gasteiger partial charge on any atom is 0.159 e. The van der Waals surface area contributed by atoms with Crippen molar-refractivity contribution in [2.24, 2.45) is 0 Å². The van der Waals surface area contributed by atoms with Crippen molar-refractivity contribution in [1.29, 1.82) is 0 Å². The van der Waals surface area contributed by atoms with E-state index in [0.717, 1.165) is 11.8 Å². The van der Waals surface area contributed by atoms with Gasteiger partial charge in [0.05, 0.1) is 0 Å². The normalized spacial score (nSPS) is 12.2. The quantitative estimate of drug-likeness (QED) is 0.873. The van der Waals surface area contributed by atoms with Crippen LogP contribution in [-0.4, -0.2) is 12.6 Å². The van der Waals surface area contributed by atoms with Gasteiger partial charge in [-0.25, -0.2) is 8.78 Å². The zero-order valence-electron chi connectivity index (χ0n) is 12.2. The number of hydrogen-bond acceptors (Lipinski definition) is 2. The first-order valence-electron chi connectivity index (χ1n) is 6.91. The van der Waals surface area contributed by atoms with E-state index in [9.17, 15) is 8.78 Å². The lowest BCUT2D eigenvalue weighted by molar-refractivity contribution is 0.272. The molecule has 112 valence electrons. The predicted octanol–water partition coefficient (Wildman–Crippen LogP) is 3.83. The fraction of sp³-hybridized carbons (Fsp3) is 0.294. The highest BCUT2D eigenvalue weighted by Gasteiger charge is 2.05. The van der Waals surface area contributed by atoms with Gasteiger partial charge < -0.3 is 10.1 Å². The molecule has 1 atom stereocenters. The predicted molar refractivity (Wildman–Crippen MR) is 79.3 cm³/mol. The second-order valence-electron chi connectivity index (χ2n) is 5.15. The number of rotatable bonds is 6. The molecule has 0 heterocycles. The molecule has 21 heavy (non-hydrogen) atoms. The molecule has 2 aromatic carbocycles. The summed E-state index contributed by atoms with van der Waals surface area (Å²) in [5, 5.41) is 3.21. The molecule has 4 heteroatoms. The summed E-state index contributed by atoms with van der Waals surface area (Å²) in [6, 6.07) is 11.9. The summed E-state index contributed by atoms with van der Waals surface area (Å²) in [6.45, 7) is 4.98. The Morgan fingerprint density at radius 3 is 2.43 bits per heavy atom. The molecule has 0 aliphatic carbocycles. The van der Waals surface area contributed by atoms with Crippen LogP contribution < -0.4 is 10.1 Å². The van der Waals surface area contributed by atoms with Crippen LogP contribution in [0.25, 0.3) is 0 Å². The third-order valence-corrected chi connectivity index (χ3v) is 3.16. The molecule has 0 saturated carbocycles. The molecule has 0 amide bonds. The first kappa shape index (κ1) is 15.4. The number of ether oxygens (including phenoxy) is 1. The van der Waals surface area contributed by atoms with E-state index in [1.54, 1.807) is 6.07 Å². The summed E-state index contributed by atoms with van der Waals surface area (Å²) in [4.78, 5) is 0. The smallest absolute Gasteiger partial charge is 0.159 e. The van der Waals surface area contributed by atoms with Gasteiger partial charge in [-0.2, -0.15) is 0 Å². The van der Waals surface area contributed by atoms with Gasteiger partial charge >= 0.3 is 0 Å². The zero-order valence-corrected chi connectivity index (χ0v) is 12.2. The highest BCUT2D eigenvalue weighted by Crippen LogP contribution is 2.12. The van der Waals surface area contributed by atoms with Crippen molar-refractivity contribution in [3.05, 3.63) is 65.2 Å². The van der Waals surface area contributed by atoms with E-state index < -0.39 is 11.6 Å². The Bertz CT molecular complexity index is 584. The first-order chi connectivity index (χ1) is 10.0. The zero-order chi connectivity index (χ0) is 15.2. The van der Waals surface area contributed by atoms with Gasteiger partial charge in [0.15, 0.2) is 11.6 Å². The highest BCUT2D eigenvalue weighted by molar-refractivity contribution is 5.26. The molecule has 1 unspecified atom stereocenters. The fourth-order valence-electron chi connectivity index (χ4n) is 1.86. The van der Waals surface area contributed by atoms with Crippen molar-refractivity contribution >= 4 is 0 Å². The summed E-state index contributed by atoms with van der Waals surface area (Å²) >= 11 is 0. The molecule has 0 aliphatic heterocycles. The Hall–Kier alpha value is -1.94. The number of nitrogens with one attached hydrogen (secondary N) is 1. The maximum absolute atomic E-state index is 13.1. The van der Waals surface area contributed by atoms with Gasteiger partial charge in [-0.15, -0.1) is 0 Å². The lowest BCUT2D eigenvalue weighted by Crippen LogP contribution is -2.31. The largest absolute Gasteiger partial charge is 0.492 e. The lowest BCUT2D eigenvalue weighted by atomic mass is 10.2. The van der Waals surface area contributed by atoms with Gasteiger partial charge in [0.1, 0.15) is 12.4 Å². The molecule has 0 bridgehead atoms. The lowest BCUT2D eigenvalue weighted by Gasteiger charge is -2.15. The number of aryl methyl sites for hydroxylation is 1. The monoisotopic (exact) mass is 291 g/mol. The number of benzene rings is 2. The van der Waals surface area contributed by atoms with E-state index in [0.29, 0.717) is 18.7 Å². The molecule has 2 nitrogen and oxygen atoms in total. The minimum Gasteiger partial charge on any atom is -0.492 e. The van der Waals surface area contributed by atoms with Gasteiger partial charge in [0, 0.05) is 12.6 Å². The second-order valence-corrected chi connectivity index (χ2v) is 5.15. The molecule has 0 aromatic heterocycles. The fourth-order valence-corrected chi connectivity index (χ4v) is 1.86. The molecule has 0 radical (unpaired) electrons. The summed E-state index contributed by atoms with van der Waals surface area (Å²) < 4.78 is 31.6. The average molecular weight is 291 g/mol. The maximum atomic E-state index is 13.1. The summed E-state index contributed by atoms with van der Waals surface area (Å²) in [5.74, 6) is -0.825. The van der Waals surface area contributed by atoms with Crippen LogP contribution in [0.2, 0.25) is 0 Å². The van der Waals surface area contributed by atoms with Crippen LogP contribution in [0, 0.1) is 18.6 Å². The number of hydrogen-bond donors (Lipinski definition) is 1. The van der Waals surface area contributed by atoms with Gasteiger partial charge in [-0.1, -0.05) is 23.8 Å². The van der Waals surface area contributed by atoms with Crippen LogP contribution in [0.4, 0.5) is 8.78 Å². The van der Waals surface area contributed by atoms with Crippen molar-refractivity contribution in [3.63, 3.8) is 0 Å². The highest BCUT2D eigenvalue weighted by atomic mass is 19.2. The summed E-state index contributed by atoms with van der Waals surface area (Å²) in [6.07, 6.45) is 0. The first-order valence-corrected chi connectivity index (χ1v) is 6.91. The van der Waals surface area contributed by atoms with E-state index in [-0.39, 0.29) is 6.04 Å². The standard InChI is InChI=1S/C17H19F2NO/c1-12-3-6-15(7-4-12)21-11-13(2)20-10-14-5-8-16(18)17(19)9-14/h3-9,13,20H,10-11H2,1-2H3. The van der Waals surface area contributed by atoms with E-state index in [1.807, 2.05) is 38.1 Å². The third kappa shape index (κ3) is 4.83. The van der Waals surface area contributed by atoms with Gasteiger partial charge in [-0.05, 0) is 43.7 Å². The van der Waals surface area contributed by atoms with Crippen LogP contribution in [0.3, 0.4) is 0 Å². The molecule has 0 aliphatic rings. The molecule has 2 aromatic rings. The van der Waals surface area contributed by atoms with Gasteiger partial charge in [-0.3, -0.25) is 0 Å². The molecule has 0 saturated heterocycles. The van der Waals surface area contributed by atoms with Crippen molar-refractivity contribution in [1.82, 2.24) is 5.32 Å². The topological polar surface area (TPSA) is 21.3 Å².